The Morgan fingerprint density at radius 2 is 2.00 bits per heavy atom. The summed E-state index contributed by atoms with van der Waals surface area (Å²) in [5, 5.41) is 5.70. The van der Waals surface area contributed by atoms with Gasteiger partial charge in [0.1, 0.15) is 11.5 Å². The highest BCUT2D eigenvalue weighted by atomic mass is 35.5. The zero-order chi connectivity index (χ0) is 20.7. The molecule has 4 aromatic rings. The first-order chi connectivity index (χ1) is 14.6. The van der Waals surface area contributed by atoms with Crippen molar-refractivity contribution in [1.82, 2.24) is 15.0 Å². The quantitative estimate of drug-likeness (QED) is 0.405. The van der Waals surface area contributed by atoms with Gasteiger partial charge in [-0.2, -0.15) is 0 Å². The molecular formula is C22H17ClFN3O2S. The average molecular weight is 442 g/mol. The summed E-state index contributed by atoms with van der Waals surface area (Å²) >= 11 is 7.75. The second kappa shape index (κ2) is 7.81. The van der Waals surface area contributed by atoms with Gasteiger partial charge in [0.2, 0.25) is 5.76 Å². The Morgan fingerprint density at radius 1 is 1.17 bits per heavy atom. The lowest BCUT2D eigenvalue weighted by Gasteiger charge is -2.30. The van der Waals surface area contributed by atoms with E-state index >= 15 is 0 Å². The molecule has 1 fully saturated rings. The van der Waals surface area contributed by atoms with Gasteiger partial charge in [-0.05, 0) is 43.2 Å². The van der Waals surface area contributed by atoms with Crippen LogP contribution in [0.2, 0.25) is 5.02 Å². The van der Waals surface area contributed by atoms with Crippen LogP contribution >= 0.6 is 22.9 Å². The Labute approximate surface area is 181 Å². The first-order valence-corrected chi connectivity index (χ1v) is 10.8. The molecule has 1 amide bonds. The summed E-state index contributed by atoms with van der Waals surface area (Å²) in [5.41, 5.74) is 1.95. The van der Waals surface area contributed by atoms with Gasteiger partial charge in [0, 0.05) is 35.7 Å². The molecule has 0 radical (unpaired) electrons. The Hall–Kier alpha value is -2.77. The molecule has 8 heteroatoms. The van der Waals surface area contributed by atoms with Crippen LogP contribution in [0.5, 0.6) is 0 Å². The number of benzene rings is 2. The number of fused-ring (bicyclic) bond motifs is 1. The van der Waals surface area contributed by atoms with Crippen molar-refractivity contribution in [2.75, 3.05) is 13.1 Å². The molecule has 2 aromatic heterocycles. The third-order valence-electron chi connectivity index (χ3n) is 5.34. The van der Waals surface area contributed by atoms with Crippen molar-refractivity contribution in [1.29, 1.82) is 0 Å². The average Bonchev–Trinajstić information content (AvgIpc) is 3.40. The number of rotatable bonds is 3. The highest BCUT2D eigenvalue weighted by Gasteiger charge is 2.28. The van der Waals surface area contributed by atoms with Crippen LogP contribution in [0.3, 0.4) is 0 Å². The fourth-order valence-electron chi connectivity index (χ4n) is 3.74. The molecule has 0 N–H and O–H groups in total. The van der Waals surface area contributed by atoms with Gasteiger partial charge in [-0.3, -0.25) is 4.79 Å². The van der Waals surface area contributed by atoms with E-state index in [0.717, 1.165) is 28.1 Å². The van der Waals surface area contributed by atoms with E-state index in [4.69, 9.17) is 21.1 Å². The van der Waals surface area contributed by atoms with Crippen LogP contribution in [0.25, 0.3) is 21.5 Å². The molecule has 1 aliphatic rings. The number of hydrogen-bond donors (Lipinski definition) is 0. The lowest BCUT2D eigenvalue weighted by atomic mass is 9.97. The molecular weight excluding hydrogens is 425 g/mol. The predicted octanol–water partition coefficient (Wildman–Crippen LogP) is 5.76. The maximum atomic E-state index is 13.4. The summed E-state index contributed by atoms with van der Waals surface area (Å²) in [4.78, 5) is 19.3. The van der Waals surface area contributed by atoms with E-state index in [1.54, 1.807) is 34.4 Å². The lowest BCUT2D eigenvalue weighted by Crippen LogP contribution is -2.37. The standard InChI is InChI=1S/C22H17ClFN3O2S/c23-15-4-5-20-18(11-15)25-21(30-20)13-6-8-27(9-7-13)22(28)19-12-17(26-29-19)14-2-1-3-16(24)10-14/h1-5,10-13H,6-9H2. The van der Waals surface area contributed by atoms with Gasteiger partial charge < -0.3 is 9.42 Å². The van der Waals surface area contributed by atoms with Gasteiger partial charge in [-0.1, -0.05) is 28.9 Å². The number of carbonyl (C=O) groups is 1. The summed E-state index contributed by atoms with van der Waals surface area (Å²) in [7, 11) is 0. The molecule has 2 aromatic carbocycles. The van der Waals surface area contributed by atoms with Gasteiger partial charge in [0.05, 0.1) is 15.2 Å². The Balaban J connectivity index is 1.26. The number of halogens is 2. The summed E-state index contributed by atoms with van der Waals surface area (Å²) in [6.07, 6.45) is 1.67. The molecule has 152 valence electrons. The summed E-state index contributed by atoms with van der Waals surface area (Å²) in [5.74, 6) is -0.0626. The van der Waals surface area contributed by atoms with Crippen molar-refractivity contribution >= 4 is 39.1 Å². The van der Waals surface area contributed by atoms with Crippen LogP contribution in [0.15, 0.2) is 53.1 Å². The maximum Gasteiger partial charge on any atom is 0.292 e. The number of amides is 1. The molecule has 0 atom stereocenters. The topological polar surface area (TPSA) is 59.2 Å². The number of hydrogen-bond acceptors (Lipinski definition) is 5. The number of aromatic nitrogens is 2. The molecule has 1 saturated heterocycles. The number of carbonyl (C=O) groups excluding carboxylic acids is 1. The molecule has 30 heavy (non-hydrogen) atoms. The highest BCUT2D eigenvalue weighted by molar-refractivity contribution is 7.18. The maximum absolute atomic E-state index is 13.4. The van der Waals surface area contributed by atoms with Gasteiger partial charge in [0.15, 0.2) is 0 Å². The predicted molar refractivity (Wildman–Crippen MR) is 114 cm³/mol. The van der Waals surface area contributed by atoms with Crippen molar-refractivity contribution < 1.29 is 13.7 Å². The zero-order valence-corrected chi connectivity index (χ0v) is 17.4. The molecule has 0 unspecified atom stereocenters. The highest BCUT2D eigenvalue weighted by Crippen LogP contribution is 2.35. The van der Waals surface area contributed by atoms with E-state index in [9.17, 15) is 9.18 Å². The lowest BCUT2D eigenvalue weighted by molar-refractivity contribution is 0.0671. The van der Waals surface area contributed by atoms with E-state index in [2.05, 4.69) is 5.16 Å². The van der Waals surface area contributed by atoms with Crippen molar-refractivity contribution in [3.63, 3.8) is 0 Å². The minimum Gasteiger partial charge on any atom is -0.350 e. The number of likely N-dealkylation sites (tertiary alicyclic amines) is 1. The van der Waals surface area contributed by atoms with Gasteiger partial charge in [-0.15, -0.1) is 11.3 Å². The van der Waals surface area contributed by atoms with E-state index in [1.165, 1.54) is 12.1 Å². The van der Waals surface area contributed by atoms with Crippen molar-refractivity contribution in [2.45, 2.75) is 18.8 Å². The molecule has 5 rings (SSSR count). The fourth-order valence-corrected chi connectivity index (χ4v) is 5.02. The van der Waals surface area contributed by atoms with Crippen LogP contribution in [-0.2, 0) is 0 Å². The minimum atomic E-state index is -0.359. The molecule has 1 aliphatic heterocycles. The normalized spacial score (nSPS) is 15.1. The Morgan fingerprint density at radius 3 is 2.80 bits per heavy atom. The van der Waals surface area contributed by atoms with Crippen LogP contribution in [0.1, 0.15) is 34.3 Å². The first kappa shape index (κ1) is 19.2. The van der Waals surface area contributed by atoms with Crippen LogP contribution in [0, 0.1) is 5.82 Å². The van der Waals surface area contributed by atoms with Gasteiger partial charge in [-0.25, -0.2) is 9.37 Å². The molecule has 0 aliphatic carbocycles. The largest absolute Gasteiger partial charge is 0.350 e. The van der Waals surface area contributed by atoms with E-state index in [-0.39, 0.29) is 17.5 Å². The first-order valence-electron chi connectivity index (χ1n) is 9.65. The number of thiazole rings is 1. The van der Waals surface area contributed by atoms with Crippen molar-refractivity contribution in [3.8, 4) is 11.3 Å². The zero-order valence-electron chi connectivity index (χ0n) is 15.8. The Kier molecular flexibility index (Phi) is 5.00. The van der Waals surface area contributed by atoms with Crippen molar-refractivity contribution in [2.24, 2.45) is 0 Å². The molecule has 0 saturated carbocycles. The summed E-state index contributed by atoms with van der Waals surface area (Å²) in [6, 6.07) is 13.4. The van der Waals surface area contributed by atoms with Crippen LogP contribution in [0.4, 0.5) is 4.39 Å². The minimum absolute atomic E-state index is 0.169. The SMILES string of the molecule is O=C(c1cc(-c2cccc(F)c2)no1)N1CCC(c2nc3cc(Cl)ccc3s2)CC1. The number of piperidine rings is 1. The van der Waals surface area contributed by atoms with E-state index < -0.39 is 0 Å². The van der Waals surface area contributed by atoms with Gasteiger partial charge in [0.25, 0.3) is 5.91 Å². The molecule has 0 spiro atoms. The summed E-state index contributed by atoms with van der Waals surface area (Å²) < 4.78 is 19.8. The number of nitrogens with zero attached hydrogens (tertiary/aromatic N) is 3. The van der Waals surface area contributed by atoms with Crippen LogP contribution < -0.4 is 0 Å². The Bertz CT molecular complexity index is 1230. The van der Waals surface area contributed by atoms with Crippen molar-refractivity contribution in [3.05, 3.63) is 70.1 Å². The van der Waals surface area contributed by atoms with E-state index in [1.807, 2.05) is 18.2 Å². The summed E-state index contributed by atoms with van der Waals surface area (Å²) in [6.45, 7) is 1.24. The fraction of sp³-hybridized carbons (Fsp3) is 0.227. The van der Waals surface area contributed by atoms with E-state index in [0.29, 0.717) is 35.3 Å². The second-order valence-electron chi connectivity index (χ2n) is 7.32. The molecule has 5 nitrogen and oxygen atoms in total. The smallest absolute Gasteiger partial charge is 0.292 e. The molecule has 3 heterocycles. The third kappa shape index (κ3) is 3.70. The monoisotopic (exact) mass is 441 g/mol. The van der Waals surface area contributed by atoms with Gasteiger partial charge >= 0.3 is 0 Å². The third-order valence-corrected chi connectivity index (χ3v) is 6.77. The molecule has 0 bridgehead atoms. The second-order valence-corrected chi connectivity index (χ2v) is 8.82. The van der Waals surface area contributed by atoms with Crippen LogP contribution in [-0.4, -0.2) is 34.0 Å².